The molecule has 4 rings (SSSR count). The quantitative estimate of drug-likeness (QED) is 0.905. The van der Waals surface area contributed by atoms with Crippen molar-refractivity contribution < 1.29 is 4.79 Å². The second kappa shape index (κ2) is 5.13. The largest absolute Gasteiger partial charge is 0.338 e. The monoisotopic (exact) mass is 284 g/mol. The van der Waals surface area contributed by atoms with Gasteiger partial charge in [-0.05, 0) is 49.7 Å². The number of carbonyl (C=O) groups is 1. The van der Waals surface area contributed by atoms with Gasteiger partial charge in [0.25, 0.3) is 0 Å². The van der Waals surface area contributed by atoms with Gasteiger partial charge in [0, 0.05) is 19.1 Å². The summed E-state index contributed by atoms with van der Waals surface area (Å²) in [7, 11) is 2.01. The Morgan fingerprint density at radius 1 is 1.24 bits per heavy atom. The van der Waals surface area contributed by atoms with E-state index in [2.05, 4.69) is 29.6 Å². The molecule has 3 heteroatoms. The Morgan fingerprint density at radius 2 is 2.10 bits per heavy atom. The maximum Gasteiger partial charge on any atom is 0.227 e. The first kappa shape index (κ1) is 13.3. The van der Waals surface area contributed by atoms with E-state index < -0.39 is 0 Å². The molecule has 3 aliphatic rings. The van der Waals surface area contributed by atoms with Crippen molar-refractivity contribution in [3.63, 3.8) is 0 Å². The number of hydrogen-bond donors (Lipinski definition) is 1. The molecule has 1 aromatic carbocycles. The lowest BCUT2D eigenvalue weighted by Gasteiger charge is -2.36. The van der Waals surface area contributed by atoms with E-state index >= 15 is 0 Å². The minimum Gasteiger partial charge on any atom is -0.338 e. The summed E-state index contributed by atoms with van der Waals surface area (Å²) in [5, 5.41) is 3.59. The van der Waals surface area contributed by atoms with Crippen molar-refractivity contribution in [1.29, 1.82) is 0 Å². The van der Waals surface area contributed by atoms with Crippen LogP contribution in [0.15, 0.2) is 24.3 Å². The lowest BCUT2D eigenvalue weighted by atomic mass is 9.84. The van der Waals surface area contributed by atoms with Crippen molar-refractivity contribution in [1.82, 2.24) is 10.2 Å². The van der Waals surface area contributed by atoms with E-state index in [1.807, 2.05) is 11.9 Å². The first-order valence-corrected chi connectivity index (χ1v) is 8.34. The average Bonchev–Trinajstić information content (AvgIpc) is 3.16. The zero-order valence-electron chi connectivity index (χ0n) is 12.7. The van der Waals surface area contributed by atoms with Gasteiger partial charge in [-0.3, -0.25) is 4.79 Å². The van der Waals surface area contributed by atoms with Crippen LogP contribution in [0.3, 0.4) is 0 Å². The molecule has 2 heterocycles. The number of fused-ring (bicyclic) bond motifs is 3. The van der Waals surface area contributed by atoms with Crippen LogP contribution in [0.5, 0.6) is 0 Å². The summed E-state index contributed by atoms with van der Waals surface area (Å²) >= 11 is 0. The Hall–Kier alpha value is -1.35. The highest BCUT2D eigenvalue weighted by atomic mass is 16.2. The summed E-state index contributed by atoms with van der Waals surface area (Å²) in [6.45, 7) is 0. The highest BCUT2D eigenvalue weighted by molar-refractivity contribution is 5.80. The SMILES string of the molecule is CN(C(=O)C1CC2CCC1N2)C1CCCc2ccccc21. The van der Waals surface area contributed by atoms with Gasteiger partial charge in [-0.25, -0.2) is 0 Å². The van der Waals surface area contributed by atoms with Crippen molar-refractivity contribution in [2.75, 3.05) is 7.05 Å². The predicted octanol–water partition coefficient (Wildman–Crippen LogP) is 2.66. The lowest BCUT2D eigenvalue weighted by Crippen LogP contribution is -2.41. The maximum atomic E-state index is 12.9. The number of benzene rings is 1. The number of amides is 1. The number of nitrogens with one attached hydrogen (secondary N) is 1. The third-order valence-corrected chi connectivity index (χ3v) is 5.77. The molecule has 2 aliphatic heterocycles. The van der Waals surface area contributed by atoms with Crippen molar-refractivity contribution in [3.8, 4) is 0 Å². The van der Waals surface area contributed by atoms with E-state index in [1.165, 1.54) is 30.4 Å². The molecule has 3 nitrogen and oxygen atoms in total. The van der Waals surface area contributed by atoms with Crippen molar-refractivity contribution in [2.24, 2.45) is 5.92 Å². The van der Waals surface area contributed by atoms with Crippen LogP contribution in [-0.2, 0) is 11.2 Å². The van der Waals surface area contributed by atoms with E-state index in [0.717, 1.165) is 19.3 Å². The first-order valence-electron chi connectivity index (χ1n) is 8.34. The third-order valence-electron chi connectivity index (χ3n) is 5.77. The second-order valence-electron chi connectivity index (χ2n) is 6.95. The van der Waals surface area contributed by atoms with Gasteiger partial charge in [0.2, 0.25) is 5.91 Å². The Kier molecular flexibility index (Phi) is 3.26. The molecule has 0 aromatic heterocycles. The fourth-order valence-corrected chi connectivity index (χ4v) is 4.64. The van der Waals surface area contributed by atoms with Gasteiger partial charge in [-0.15, -0.1) is 0 Å². The van der Waals surface area contributed by atoms with Crippen molar-refractivity contribution in [3.05, 3.63) is 35.4 Å². The van der Waals surface area contributed by atoms with Gasteiger partial charge in [0.15, 0.2) is 0 Å². The molecule has 1 amide bonds. The summed E-state index contributed by atoms with van der Waals surface area (Å²) < 4.78 is 0. The molecule has 2 bridgehead atoms. The van der Waals surface area contributed by atoms with Crippen LogP contribution >= 0.6 is 0 Å². The van der Waals surface area contributed by atoms with E-state index in [-0.39, 0.29) is 12.0 Å². The summed E-state index contributed by atoms with van der Waals surface area (Å²) in [5.41, 5.74) is 2.80. The van der Waals surface area contributed by atoms with Gasteiger partial charge >= 0.3 is 0 Å². The molecule has 0 radical (unpaired) electrons. The van der Waals surface area contributed by atoms with Crippen LogP contribution in [0.4, 0.5) is 0 Å². The minimum absolute atomic E-state index is 0.211. The molecule has 1 aliphatic carbocycles. The molecule has 2 fully saturated rings. The highest BCUT2D eigenvalue weighted by Crippen LogP contribution is 2.38. The van der Waals surface area contributed by atoms with E-state index in [0.29, 0.717) is 18.0 Å². The van der Waals surface area contributed by atoms with Crippen LogP contribution in [0.25, 0.3) is 0 Å². The van der Waals surface area contributed by atoms with Crippen LogP contribution in [0.2, 0.25) is 0 Å². The fraction of sp³-hybridized carbons (Fsp3) is 0.611. The van der Waals surface area contributed by atoms with Gasteiger partial charge in [-0.2, -0.15) is 0 Å². The highest BCUT2D eigenvalue weighted by Gasteiger charge is 2.44. The number of hydrogen-bond acceptors (Lipinski definition) is 2. The molecule has 112 valence electrons. The minimum atomic E-state index is 0.211. The molecule has 1 N–H and O–H groups in total. The Bertz CT molecular complexity index is 556. The number of rotatable bonds is 2. The first-order chi connectivity index (χ1) is 10.2. The molecule has 2 saturated heterocycles. The average molecular weight is 284 g/mol. The van der Waals surface area contributed by atoms with Gasteiger partial charge in [0.05, 0.1) is 12.0 Å². The third kappa shape index (κ3) is 2.18. The molecule has 4 unspecified atom stereocenters. The number of aryl methyl sites for hydroxylation is 1. The molecule has 0 spiro atoms. The summed E-state index contributed by atoms with van der Waals surface area (Å²) in [6, 6.07) is 9.96. The maximum absolute atomic E-state index is 12.9. The summed E-state index contributed by atoms with van der Waals surface area (Å²) in [4.78, 5) is 15.0. The Balaban J connectivity index is 1.55. The van der Waals surface area contributed by atoms with E-state index in [1.54, 1.807) is 0 Å². The molecule has 4 atom stereocenters. The Labute approximate surface area is 126 Å². The van der Waals surface area contributed by atoms with Crippen LogP contribution in [-0.4, -0.2) is 29.9 Å². The van der Waals surface area contributed by atoms with E-state index in [4.69, 9.17) is 0 Å². The fourth-order valence-electron chi connectivity index (χ4n) is 4.64. The Morgan fingerprint density at radius 3 is 2.86 bits per heavy atom. The summed E-state index contributed by atoms with van der Waals surface area (Å²) in [5.74, 6) is 0.569. The lowest BCUT2D eigenvalue weighted by molar-refractivity contribution is -0.137. The molecular formula is C18H24N2O. The topological polar surface area (TPSA) is 32.3 Å². The normalized spacial score (nSPS) is 33.8. The van der Waals surface area contributed by atoms with Crippen LogP contribution < -0.4 is 5.32 Å². The molecule has 0 saturated carbocycles. The van der Waals surface area contributed by atoms with Crippen LogP contribution in [0.1, 0.15) is 49.3 Å². The zero-order chi connectivity index (χ0) is 14.4. The van der Waals surface area contributed by atoms with E-state index in [9.17, 15) is 4.79 Å². The second-order valence-corrected chi connectivity index (χ2v) is 6.95. The van der Waals surface area contributed by atoms with Gasteiger partial charge in [-0.1, -0.05) is 24.3 Å². The standard InChI is InChI=1S/C18H24N2O/c1-20(18(21)15-11-13-9-10-16(15)19-13)17-8-4-6-12-5-2-3-7-14(12)17/h2-3,5,7,13,15-17,19H,4,6,8-11H2,1H3. The number of carbonyl (C=O) groups excluding carboxylic acids is 1. The zero-order valence-corrected chi connectivity index (χ0v) is 12.7. The van der Waals surface area contributed by atoms with Crippen molar-refractivity contribution >= 4 is 5.91 Å². The van der Waals surface area contributed by atoms with Crippen molar-refractivity contribution in [2.45, 2.75) is 56.7 Å². The van der Waals surface area contributed by atoms with Crippen LogP contribution in [0, 0.1) is 5.92 Å². The smallest absolute Gasteiger partial charge is 0.227 e. The number of nitrogens with zero attached hydrogens (tertiary/aromatic N) is 1. The van der Waals surface area contributed by atoms with Gasteiger partial charge < -0.3 is 10.2 Å². The van der Waals surface area contributed by atoms with Gasteiger partial charge in [0.1, 0.15) is 0 Å². The molecular weight excluding hydrogens is 260 g/mol. The predicted molar refractivity (Wildman–Crippen MR) is 82.9 cm³/mol. The molecule has 21 heavy (non-hydrogen) atoms. The molecule has 1 aromatic rings. The summed E-state index contributed by atoms with van der Waals surface area (Å²) in [6.07, 6.45) is 6.93.